The van der Waals surface area contributed by atoms with E-state index in [1.165, 1.54) is 0 Å². The molecule has 2 N–H and O–H groups in total. The van der Waals surface area contributed by atoms with Crippen LogP contribution in [0.4, 0.5) is 5.69 Å². The monoisotopic (exact) mass is 315 g/mol. The van der Waals surface area contributed by atoms with E-state index >= 15 is 0 Å². The fourth-order valence-electron chi connectivity index (χ4n) is 2.10. The Labute approximate surface area is 135 Å². The number of hydrogen-bond donors (Lipinski definition) is 2. The third-order valence-corrected chi connectivity index (χ3v) is 3.15. The van der Waals surface area contributed by atoms with Crippen LogP contribution in [0.5, 0.6) is 11.5 Å². The molecule has 0 spiro atoms. The molecule has 0 aliphatic carbocycles. The Morgan fingerprint density at radius 2 is 1.96 bits per heavy atom. The molecule has 0 heterocycles. The molecular weight excluding hydrogens is 294 g/mol. The molecule has 0 unspecified atom stereocenters. The first kappa shape index (κ1) is 16.8. The second-order valence-corrected chi connectivity index (χ2v) is 5.08. The summed E-state index contributed by atoms with van der Waals surface area (Å²) in [5.74, 6) is 0.745. The predicted octanol–water partition coefficient (Wildman–Crippen LogP) is 2.90. The highest BCUT2D eigenvalue weighted by Crippen LogP contribution is 2.28. The van der Waals surface area contributed by atoms with Gasteiger partial charge in [-0.1, -0.05) is 18.2 Å². The van der Waals surface area contributed by atoms with Crippen molar-refractivity contribution < 1.29 is 19.4 Å². The van der Waals surface area contributed by atoms with E-state index in [2.05, 4.69) is 5.32 Å². The summed E-state index contributed by atoms with van der Waals surface area (Å²) in [6.45, 7) is 4.10. The molecule has 0 aliphatic heterocycles. The molecule has 5 heteroatoms. The Morgan fingerprint density at radius 1 is 1.13 bits per heavy atom. The van der Waals surface area contributed by atoms with Gasteiger partial charge in [-0.3, -0.25) is 4.79 Å². The molecule has 5 nitrogen and oxygen atoms in total. The summed E-state index contributed by atoms with van der Waals surface area (Å²) in [5.41, 5.74) is 2.53. The Morgan fingerprint density at radius 3 is 2.65 bits per heavy atom. The molecule has 2 aromatic rings. The van der Waals surface area contributed by atoms with Crippen molar-refractivity contribution in [2.75, 3.05) is 18.5 Å². The van der Waals surface area contributed by atoms with Crippen molar-refractivity contribution >= 4 is 11.6 Å². The molecule has 122 valence electrons. The minimum atomic E-state index is -0.246. The van der Waals surface area contributed by atoms with Gasteiger partial charge in [-0.25, -0.2) is 0 Å². The second kappa shape index (κ2) is 8.19. The lowest BCUT2D eigenvalue weighted by Gasteiger charge is -2.13. The molecule has 1 amide bonds. The molecular formula is C18H21NO4. The van der Waals surface area contributed by atoms with Crippen molar-refractivity contribution in [3.05, 3.63) is 53.6 Å². The van der Waals surface area contributed by atoms with Gasteiger partial charge in [-0.05, 0) is 49.2 Å². The molecule has 23 heavy (non-hydrogen) atoms. The Bertz CT molecular complexity index is 670. The number of aryl methyl sites for hydroxylation is 1. The third-order valence-electron chi connectivity index (χ3n) is 3.15. The van der Waals surface area contributed by atoms with Crippen LogP contribution in [0.25, 0.3) is 0 Å². The van der Waals surface area contributed by atoms with Gasteiger partial charge in [0.2, 0.25) is 0 Å². The van der Waals surface area contributed by atoms with Crippen LogP contribution in [0.1, 0.15) is 18.1 Å². The third kappa shape index (κ3) is 5.00. The SMILES string of the molecule is CCOc1cc(CO)ccc1OCC(=O)Nc1cccc(C)c1. The van der Waals surface area contributed by atoms with Crippen LogP contribution in [0.2, 0.25) is 0 Å². The van der Waals surface area contributed by atoms with Crippen LogP contribution in [0.3, 0.4) is 0 Å². The number of carbonyl (C=O) groups is 1. The highest BCUT2D eigenvalue weighted by atomic mass is 16.5. The number of benzene rings is 2. The molecule has 0 aliphatic rings. The zero-order valence-electron chi connectivity index (χ0n) is 13.3. The van der Waals surface area contributed by atoms with E-state index in [-0.39, 0.29) is 19.1 Å². The second-order valence-electron chi connectivity index (χ2n) is 5.08. The number of carbonyl (C=O) groups excluding carboxylic acids is 1. The average Bonchev–Trinajstić information content (AvgIpc) is 2.54. The van der Waals surface area contributed by atoms with Gasteiger partial charge >= 0.3 is 0 Å². The minimum Gasteiger partial charge on any atom is -0.490 e. The van der Waals surface area contributed by atoms with E-state index in [1.807, 2.05) is 38.1 Å². The molecule has 0 aromatic heterocycles. The normalized spacial score (nSPS) is 10.2. The highest BCUT2D eigenvalue weighted by molar-refractivity contribution is 5.91. The quantitative estimate of drug-likeness (QED) is 0.824. The summed E-state index contributed by atoms with van der Waals surface area (Å²) in [5, 5.41) is 11.9. The van der Waals surface area contributed by atoms with E-state index < -0.39 is 0 Å². The van der Waals surface area contributed by atoms with Crippen molar-refractivity contribution in [3.63, 3.8) is 0 Å². The first-order valence-electron chi connectivity index (χ1n) is 7.48. The van der Waals surface area contributed by atoms with Gasteiger partial charge in [0, 0.05) is 5.69 Å². The molecule has 2 rings (SSSR count). The van der Waals surface area contributed by atoms with Crippen LogP contribution in [0, 0.1) is 6.92 Å². The first-order valence-corrected chi connectivity index (χ1v) is 7.48. The first-order chi connectivity index (χ1) is 11.1. The van der Waals surface area contributed by atoms with Gasteiger partial charge < -0.3 is 19.9 Å². The number of aliphatic hydroxyl groups is 1. The predicted molar refractivity (Wildman–Crippen MR) is 88.8 cm³/mol. The Balaban J connectivity index is 1.98. The fourth-order valence-corrected chi connectivity index (χ4v) is 2.10. The topological polar surface area (TPSA) is 67.8 Å². The number of anilines is 1. The number of hydrogen-bond acceptors (Lipinski definition) is 4. The van der Waals surface area contributed by atoms with Gasteiger partial charge in [0.25, 0.3) is 5.91 Å². The van der Waals surface area contributed by atoms with E-state index in [4.69, 9.17) is 14.6 Å². The van der Waals surface area contributed by atoms with E-state index in [1.54, 1.807) is 18.2 Å². The summed E-state index contributed by atoms with van der Waals surface area (Å²) in [6.07, 6.45) is 0. The smallest absolute Gasteiger partial charge is 0.262 e. The summed E-state index contributed by atoms with van der Waals surface area (Å²) < 4.78 is 11.0. The Hall–Kier alpha value is -2.53. The van der Waals surface area contributed by atoms with Crippen molar-refractivity contribution in [2.24, 2.45) is 0 Å². The summed E-state index contributed by atoms with van der Waals surface area (Å²) in [6, 6.07) is 12.7. The minimum absolute atomic E-state index is 0.0752. The number of nitrogens with one attached hydrogen (secondary N) is 1. The molecule has 0 radical (unpaired) electrons. The van der Waals surface area contributed by atoms with Gasteiger partial charge in [-0.2, -0.15) is 0 Å². The van der Waals surface area contributed by atoms with Crippen molar-refractivity contribution in [2.45, 2.75) is 20.5 Å². The van der Waals surface area contributed by atoms with Crippen LogP contribution >= 0.6 is 0 Å². The van der Waals surface area contributed by atoms with E-state index in [0.717, 1.165) is 16.8 Å². The molecule has 0 saturated carbocycles. The molecule has 0 fully saturated rings. The van der Waals surface area contributed by atoms with Crippen molar-refractivity contribution in [1.82, 2.24) is 0 Å². The van der Waals surface area contributed by atoms with Gasteiger partial charge in [0.15, 0.2) is 18.1 Å². The van der Waals surface area contributed by atoms with E-state index in [0.29, 0.717) is 18.1 Å². The lowest BCUT2D eigenvalue weighted by Crippen LogP contribution is -2.20. The molecule has 0 saturated heterocycles. The Kier molecular flexibility index (Phi) is 6.00. The van der Waals surface area contributed by atoms with Gasteiger partial charge in [0.05, 0.1) is 13.2 Å². The molecule has 2 aromatic carbocycles. The number of rotatable bonds is 7. The maximum Gasteiger partial charge on any atom is 0.262 e. The number of aliphatic hydroxyl groups excluding tert-OH is 1. The summed E-state index contributed by atoms with van der Waals surface area (Å²) in [7, 11) is 0. The van der Waals surface area contributed by atoms with Crippen LogP contribution < -0.4 is 14.8 Å². The zero-order chi connectivity index (χ0) is 16.7. The fraction of sp³-hybridized carbons (Fsp3) is 0.278. The standard InChI is InChI=1S/C18H21NO4/c1-3-22-17-10-14(11-20)7-8-16(17)23-12-18(21)19-15-6-4-5-13(2)9-15/h4-10,20H,3,11-12H2,1-2H3,(H,19,21). The largest absolute Gasteiger partial charge is 0.490 e. The highest BCUT2D eigenvalue weighted by Gasteiger charge is 2.09. The van der Waals surface area contributed by atoms with Crippen molar-refractivity contribution in [3.8, 4) is 11.5 Å². The molecule has 0 bridgehead atoms. The van der Waals surface area contributed by atoms with Crippen LogP contribution in [-0.4, -0.2) is 24.2 Å². The lowest BCUT2D eigenvalue weighted by molar-refractivity contribution is -0.118. The molecule has 0 atom stereocenters. The maximum atomic E-state index is 12.0. The average molecular weight is 315 g/mol. The van der Waals surface area contributed by atoms with Crippen LogP contribution in [0.15, 0.2) is 42.5 Å². The summed E-state index contributed by atoms with van der Waals surface area (Å²) in [4.78, 5) is 12.0. The van der Waals surface area contributed by atoms with Gasteiger partial charge in [-0.15, -0.1) is 0 Å². The van der Waals surface area contributed by atoms with Crippen LogP contribution in [-0.2, 0) is 11.4 Å². The number of ether oxygens (including phenoxy) is 2. The summed E-state index contributed by atoms with van der Waals surface area (Å²) >= 11 is 0. The zero-order valence-corrected chi connectivity index (χ0v) is 13.3. The lowest BCUT2D eigenvalue weighted by atomic mass is 10.2. The van der Waals surface area contributed by atoms with Gasteiger partial charge in [0.1, 0.15) is 0 Å². The van der Waals surface area contributed by atoms with E-state index in [9.17, 15) is 4.79 Å². The van der Waals surface area contributed by atoms with Crippen molar-refractivity contribution in [1.29, 1.82) is 0 Å². The maximum absolute atomic E-state index is 12.0. The number of amides is 1.